The van der Waals surface area contributed by atoms with E-state index in [-0.39, 0.29) is 12.4 Å². The van der Waals surface area contributed by atoms with Gasteiger partial charge in [0, 0.05) is 7.11 Å². The normalized spacial score (nSPS) is 11.1. The number of halogens is 1. The Morgan fingerprint density at radius 3 is 2.11 bits per heavy atom. The number of hydrogen-bond donors (Lipinski definition) is 0. The first-order valence-electron chi connectivity index (χ1n) is 6.48. The topological polar surface area (TPSA) is 22.1 Å². The standard InChI is InChI=1S/C14H25N2O.ClH/c1-5-16(6-2,7-3)11-13-9-8-10-14(15-13)12-17-4;/h8-10H,5-7,11-12H2,1-4H3;1H/q+1;/p-1. The number of pyridine rings is 1. The Bertz CT molecular complexity index is 332. The number of hydrogen-bond acceptors (Lipinski definition) is 2. The lowest BCUT2D eigenvalue weighted by Crippen LogP contribution is -3.00. The number of methoxy groups -OCH3 is 1. The Kier molecular flexibility index (Phi) is 8.16. The van der Waals surface area contributed by atoms with Crippen LogP contribution in [0.15, 0.2) is 18.2 Å². The molecule has 0 unspecified atom stereocenters. The number of ether oxygens (including phenoxy) is 1. The van der Waals surface area contributed by atoms with Crippen LogP contribution in [0.3, 0.4) is 0 Å². The molecule has 0 aliphatic rings. The lowest BCUT2D eigenvalue weighted by Gasteiger charge is -2.35. The predicted octanol–water partition coefficient (Wildman–Crippen LogP) is -0.391. The molecule has 1 aromatic heterocycles. The molecule has 1 rings (SSSR count). The number of nitrogens with zero attached hydrogens (tertiary/aromatic N) is 2. The fraction of sp³-hybridized carbons (Fsp3) is 0.643. The zero-order valence-corrected chi connectivity index (χ0v) is 12.7. The summed E-state index contributed by atoms with van der Waals surface area (Å²) in [5, 5.41) is 0. The molecule has 0 fully saturated rings. The molecular formula is C14H25ClN2O. The minimum atomic E-state index is 0. The Morgan fingerprint density at radius 2 is 1.61 bits per heavy atom. The highest BCUT2D eigenvalue weighted by molar-refractivity contribution is 5.09. The molecule has 18 heavy (non-hydrogen) atoms. The van der Waals surface area contributed by atoms with E-state index in [1.54, 1.807) is 7.11 Å². The molecule has 0 aliphatic heterocycles. The average Bonchev–Trinajstić information content (AvgIpc) is 2.37. The second-order valence-electron chi connectivity index (χ2n) is 4.50. The van der Waals surface area contributed by atoms with Gasteiger partial charge in [-0.3, -0.25) is 0 Å². The molecule has 104 valence electrons. The Morgan fingerprint density at radius 1 is 1.06 bits per heavy atom. The van der Waals surface area contributed by atoms with E-state index < -0.39 is 0 Å². The third-order valence-electron chi connectivity index (χ3n) is 3.67. The fourth-order valence-corrected chi connectivity index (χ4v) is 2.20. The molecule has 0 atom stereocenters. The van der Waals surface area contributed by atoms with Gasteiger partial charge in [0.05, 0.1) is 37.6 Å². The van der Waals surface area contributed by atoms with Gasteiger partial charge in [-0.05, 0) is 32.9 Å². The minimum Gasteiger partial charge on any atom is -1.00 e. The minimum absolute atomic E-state index is 0. The molecule has 0 bridgehead atoms. The van der Waals surface area contributed by atoms with Crippen LogP contribution in [0.4, 0.5) is 0 Å². The van der Waals surface area contributed by atoms with Crippen LogP contribution in [0, 0.1) is 0 Å². The molecule has 4 heteroatoms. The van der Waals surface area contributed by atoms with Gasteiger partial charge >= 0.3 is 0 Å². The van der Waals surface area contributed by atoms with Crippen LogP contribution in [-0.4, -0.2) is 36.2 Å². The third kappa shape index (κ3) is 4.56. The molecule has 0 amide bonds. The van der Waals surface area contributed by atoms with Crippen molar-refractivity contribution in [2.45, 2.75) is 33.9 Å². The largest absolute Gasteiger partial charge is 1.00 e. The quantitative estimate of drug-likeness (QED) is 0.631. The highest BCUT2D eigenvalue weighted by atomic mass is 35.5. The molecule has 0 aromatic carbocycles. The van der Waals surface area contributed by atoms with E-state index in [2.05, 4.69) is 37.9 Å². The van der Waals surface area contributed by atoms with Crippen LogP contribution >= 0.6 is 0 Å². The van der Waals surface area contributed by atoms with Gasteiger partial charge in [0.1, 0.15) is 6.54 Å². The summed E-state index contributed by atoms with van der Waals surface area (Å²) in [4.78, 5) is 4.65. The first-order valence-corrected chi connectivity index (χ1v) is 6.48. The van der Waals surface area contributed by atoms with Crippen LogP contribution in [0.1, 0.15) is 32.2 Å². The van der Waals surface area contributed by atoms with Crippen molar-refractivity contribution in [3.05, 3.63) is 29.6 Å². The number of quaternary nitrogens is 1. The van der Waals surface area contributed by atoms with Crippen molar-refractivity contribution in [3.63, 3.8) is 0 Å². The van der Waals surface area contributed by atoms with E-state index in [4.69, 9.17) is 4.74 Å². The summed E-state index contributed by atoms with van der Waals surface area (Å²) in [6.45, 7) is 11.8. The number of aromatic nitrogens is 1. The van der Waals surface area contributed by atoms with Crippen LogP contribution < -0.4 is 12.4 Å². The zero-order chi connectivity index (χ0) is 12.7. The summed E-state index contributed by atoms with van der Waals surface area (Å²) in [6, 6.07) is 6.21. The third-order valence-corrected chi connectivity index (χ3v) is 3.67. The number of rotatable bonds is 7. The maximum Gasteiger partial charge on any atom is 0.122 e. The van der Waals surface area contributed by atoms with Gasteiger partial charge in [0.25, 0.3) is 0 Å². The Hall–Kier alpha value is -0.640. The van der Waals surface area contributed by atoms with Crippen molar-refractivity contribution >= 4 is 0 Å². The monoisotopic (exact) mass is 272 g/mol. The average molecular weight is 273 g/mol. The smallest absolute Gasteiger partial charge is 0.122 e. The first kappa shape index (κ1) is 17.4. The van der Waals surface area contributed by atoms with Crippen molar-refractivity contribution < 1.29 is 21.6 Å². The predicted molar refractivity (Wildman–Crippen MR) is 70.5 cm³/mol. The summed E-state index contributed by atoms with van der Waals surface area (Å²) < 4.78 is 6.23. The fourth-order valence-electron chi connectivity index (χ4n) is 2.20. The second-order valence-corrected chi connectivity index (χ2v) is 4.50. The van der Waals surface area contributed by atoms with Crippen LogP contribution in [-0.2, 0) is 17.9 Å². The lowest BCUT2D eigenvalue weighted by atomic mass is 10.2. The van der Waals surface area contributed by atoms with Crippen molar-refractivity contribution in [2.24, 2.45) is 0 Å². The van der Waals surface area contributed by atoms with Gasteiger partial charge in [-0.2, -0.15) is 0 Å². The van der Waals surface area contributed by atoms with E-state index in [1.807, 2.05) is 6.07 Å². The molecule has 1 heterocycles. The van der Waals surface area contributed by atoms with E-state index >= 15 is 0 Å². The zero-order valence-electron chi connectivity index (χ0n) is 11.9. The second kappa shape index (κ2) is 8.46. The lowest BCUT2D eigenvalue weighted by molar-refractivity contribution is -0.936. The van der Waals surface area contributed by atoms with Gasteiger partial charge < -0.3 is 21.6 Å². The SMILES string of the molecule is CC[N+](CC)(CC)Cc1cccc(COC)n1.[Cl-]. The molecule has 3 nitrogen and oxygen atoms in total. The molecule has 1 aromatic rings. The highest BCUT2D eigenvalue weighted by Gasteiger charge is 2.21. The first-order chi connectivity index (χ1) is 8.19. The van der Waals surface area contributed by atoms with E-state index in [1.165, 1.54) is 5.69 Å². The summed E-state index contributed by atoms with van der Waals surface area (Å²) in [5.41, 5.74) is 2.19. The van der Waals surface area contributed by atoms with Gasteiger partial charge in [0.2, 0.25) is 0 Å². The van der Waals surface area contributed by atoms with E-state index in [0.29, 0.717) is 6.61 Å². The van der Waals surface area contributed by atoms with E-state index in [9.17, 15) is 0 Å². The van der Waals surface area contributed by atoms with E-state index in [0.717, 1.165) is 36.4 Å². The van der Waals surface area contributed by atoms with Crippen LogP contribution in [0.25, 0.3) is 0 Å². The molecular weight excluding hydrogens is 248 g/mol. The van der Waals surface area contributed by atoms with Crippen molar-refractivity contribution in [1.29, 1.82) is 0 Å². The van der Waals surface area contributed by atoms with Gasteiger partial charge in [-0.15, -0.1) is 0 Å². The maximum absolute atomic E-state index is 5.12. The molecule has 0 saturated heterocycles. The maximum atomic E-state index is 5.12. The molecule has 0 radical (unpaired) electrons. The van der Waals surface area contributed by atoms with Gasteiger partial charge in [-0.1, -0.05) is 6.07 Å². The summed E-state index contributed by atoms with van der Waals surface area (Å²) in [6.07, 6.45) is 0. The van der Waals surface area contributed by atoms with Crippen molar-refractivity contribution in [3.8, 4) is 0 Å². The molecule has 0 N–H and O–H groups in total. The summed E-state index contributed by atoms with van der Waals surface area (Å²) in [5.74, 6) is 0. The summed E-state index contributed by atoms with van der Waals surface area (Å²) >= 11 is 0. The van der Waals surface area contributed by atoms with Crippen molar-refractivity contribution in [1.82, 2.24) is 4.98 Å². The Balaban J connectivity index is 0.00000289. The Labute approximate surface area is 117 Å². The van der Waals surface area contributed by atoms with Gasteiger partial charge in [-0.25, -0.2) is 4.98 Å². The summed E-state index contributed by atoms with van der Waals surface area (Å²) in [7, 11) is 1.71. The van der Waals surface area contributed by atoms with Crippen LogP contribution in [0.2, 0.25) is 0 Å². The molecule has 0 spiro atoms. The van der Waals surface area contributed by atoms with Gasteiger partial charge in [0.15, 0.2) is 0 Å². The molecule has 0 aliphatic carbocycles. The van der Waals surface area contributed by atoms with Crippen molar-refractivity contribution in [2.75, 3.05) is 26.7 Å². The van der Waals surface area contributed by atoms with Crippen LogP contribution in [0.5, 0.6) is 0 Å². The molecule has 0 saturated carbocycles. The highest BCUT2D eigenvalue weighted by Crippen LogP contribution is 2.13.